The summed E-state index contributed by atoms with van der Waals surface area (Å²) in [4.78, 5) is 28.6. The van der Waals surface area contributed by atoms with Crippen molar-refractivity contribution in [2.75, 3.05) is 17.9 Å². The molecule has 2 rings (SSSR count). The molecule has 0 bridgehead atoms. The van der Waals surface area contributed by atoms with E-state index in [4.69, 9.17) is 4.74 Å². The second-order valence-corrected chi connectivity index (χ2v) is 8.47. The summed E-state index contributed by atoms with van der Waals surface area (Å²) >= 11 is 0. The van der Waals surface area contributed by atoms with Gasteiger partial charge in [-0.05, 0) is 44.0 Å². The lowest BCUT2D eigenvalue weighted by atomic mass is 10.2. The van der Waals surface area contributed by atoms with E-state index in [0.29, 0.717) is 25.4 Å². The van der Waals surface area contributed by atoms with Gasteiger partial charge in [-0.25, -0.2) is 18.2 Å². The van der Waals surface area contributed by atoms with E-state index in [0.717, 1.165) is 12.8 Å². The summed E-state index contributed by atoms with van der Waals surface area (Å²) in [5, 5.41) is 2.77. The van der Waals surface area contributed by atoms with E-state index in [1.54, 1.807) is 14.0 Å². The molecule has 0 aliphatic rings. The zero-order chi connectivity index (χ0) is 22.3. The van der Waals surface area contributed by atoms with Gasteiger partial charge in [-0.2, -0.15) is 0 Å². The Hall–Kier alpha value is -2.88. The summed E-state index contributed by atoms with van der Waals surface area (Å²) in [7, 11) is -2.37. The minimum Gasteiger partial charge on any atom is -0.462 e. The Morgan fingerprint density at radius 2 is 1.80 bits per heavy atom. The third-order valence-electron chi connectivity index (χ3n) is 4.42. The Kier molecular flexibility index (Phi) is 7.99. The van der Waals surface area contributed by atoms with Crippen molar-refractivity contribution in [3.05, 3.63) is 41.3 Å². The van der Waals surface area contributed by atoms with Crippen LogP contribution in [0.4, 0.5) is 5.82 Å². The number of esters is 1. The third-order valence-corrected chi connectivity index (χ3v) is 5.77. The van der Waals surface area contributed by atoms with E-state index < -0.39 is 21.9 Å². The molecule has 0 saturated carbocycles. The first-order valence-corrected chi connectivity index (χ1v) is 11.3. The van der Waals surface area contributed by atoms with Crippen molar-refractivity contribution in [3.63, 3.8) is 0 Å². The minimum absolute atomic E-state index is 0.0459. The second kappa shape index (κ2) is 10.2. The Balaban J connectivity index is 2.24. The molecule has 30 heavy (non-hydrogen) atoms. The predicted molar refractivity (Wildman–Crippen MR) is 113 cm³/mol. The van der Waals surface area contributed by atoms with Gasteiger partial charge in [0.15, 0.2) is 11.5 Å². The molecule has 164 valence electrons. The molecule has 2 aromatic rings. The van der Waals surface area contributed by atoms with E-state index in [-0.39, 0.29) is 22.0 Å². The number of anilines is 1. The molecule has 0 aliphatic carbocycles. The summed E-state index contributed by atoms with van der Waals surface area (Å²) in [6, 6.07) is 5.38. The highest BCUT2D eigenvalue weighted by Crippen LogP contribution is 2.21. The van der Waals surface area contributed by atoms with Crippen molar-refractivity contribution < 1.29 is 22.7 Å². The van der Waals surface area contributed by atoms with Crippen LogP contribution < -0.4 is 10.0 Å². The molecule has 2 N–H and O–H groups in total. The molecular weight excluding hydrogens is 408 g/mol. The zero-order valence-corrected chi connectivity index (χ0v) is 18.5. The smallest absolute Gasteiger partial charge is 0.338 e. The average molecular weight is 437 g/mol. The van der Waals surface area contributed by atoms with Crippen LogP contribution in [-0.4, -0.2) is 43.0 Å². The highest BCUT2D eigenvalue weighted by molar-refractivity contribution is 7.92. The average Bonchev–Trinajstić information content (AvgIpc) is 2.98. The molecule has 0 spiro atoms. The Labute approximate surface area is 176 Å². The first kappa shape index (κ1) is 23.4. The van der Waals surface area contributed by atoms with Crippen molar-refractivity contribution in [1.82, 2.24) is 14.9 Å². The van der Waals surface area contributed by atoms with Gasteiger partial charge >= 0.3 is 5.97 Å². The van der Waals surface area contributed by atoms with Gasteiger partial charge in [-0.1, -0.05) is 20.3 Å². The standard InChI is InChI=1S/C20H28N4O5S/c1-5-7-12-21-19(25)17-18(22-14(3)24(17)4)23-30(27,28)16-10-8-15(9-11-16)20(26)29-13-6-2/h8-11,23H,5-7,12-13H2,1-4H3,(H,21,25). The molecule has 0 unspecified atom stereocenters. The van der Waals surface area contributed by atoms with Crippen LogP contribution in [0.15, 0.2) is 29.2 Å². The van der Waals surface area contributed by atoms with Crippen molar-refractivity contribution in [2.24, 2.45) is 7.05 Å². The number of unbranched alkanes of at least 4 members (excludes halogenated alkanes) is 1. The number of carbonyl (C=O) groups is 2. The number of aromatic nitrogens is 2. The molecule has 1 aromatic carbocycles. The van der Waals surface area contributed by atoms with Crippen LogP contribution in [0.2, 0.25) is 0 Å². The third kappa shape index (κ3) is 5.59. The summed E-state index contributed by atoms with van der Waals surface area (Å²) < 4.78 is 34.6. The molecule has 1 amide bonds. The van der Waals surface area contributed by atoms with Crippen LogP contribution in [0, 0.1) is 6.92 Å². The maximum atomic E-state index is 12.8. The molecule has 1 aromatic heterocycles. The largest absolute Gasteiger partial charge is 0.462 e. The molecular formula is C20H28N4O5S. The van der Waals surface area contributed by atoms with Crippen molar-refractivity contribution >= 4 is 27.7 Å². The maximum absolute atomic E-state index is 12.8. The summed E-state index contributed by atoms with van der Waals surface area (Å²) in [5.74, 6) is -0.476. The van der Waals surface area contributed by atoms with Crippen LogP contribution >= 0.6 is 0 Å². The predicted octanol–water partition coefficient (Wildman–Crippen LogP) is 2.63. The highest BCUT2D eigenvalue weighted by Gasteiger charge is 2.24. The van der Waals surface area contributed by atoms with Crippen LogP contribution in [0.25, 0.3) is 0 Å². The number of imidazole rings is 1. The Bertz CT molecular complexity index is 997. The molecule has 0 fully saturated rings. The number of hydrogen-bond acceptors (Lipinski definition) is 6. The van der Waals surface area contributed by atoms with Crippen molar-refractivity contribution in [2.45, 2.75) is 44.9 Å². The molecule has 0 atom stereocenters. The molecule has 0 saturated heterocycles. The normalized spacial score (nSPS) is 11.2. The number of aryl methyl sites for hydroxylation is 1. The van der Waals surface area contributed by atoms with Crippen LogP contribution in [0.5, 0.6) is 0 Å². The Morgan fingerprint density at radius 3 is 2.40 bits per heavy atom. The van der Waals surface area contributed by atoms with E-state index in [2.05, 4.69) is 15.0 Å². The number of rotatable bonds is 10. The lowest BCUT2D eigenvalue weighted by molar-refractivity contribution is 0.0505. The molecule has 1 heterocycles. The van der Waals surface area contributed by atoms with Crippen LogP contribution in [0.1, 0.15) is 59.8 Å². The van der Waals surface area contributed by atoms with Crippen LogP contribution in [-0.2, 0) is 21.8 Å². The van der Waals surface area contributed by atoms with E-state index in [9.17, 15) is 18.0 Å². The summed E-state index contributed by atoms with van der Waals surface area (Å²) in [6.07, 6.45) is 2.43. The van der Waals surface area contributed by atoms with Gasteiger partial charge in [0.25, 0.3) is 15.9 Å². The number of ether oxygens (including phenoxy) is 1. The van der Waals surface area contributed by atoms with Gasteiger partial charge in [-0.15, -0.1) is 0 Å². The molecule has 10 heteroatoms. The molecule has 9 nitrogen and oxygen atoms in total. The summed E-state index contributed by atoms with van der Waals surface area (Å²) in [6.45, 7) is 6.35. The van der Waals surface area contributed by atoms with Crippen molar-refractivity contribution in [3.8, 4) is 0 Å². The minimum atomic E-state index is -4.02. The number of benzene rings is 1. The number of amides is 1. The van der Waals surface area contributed by atoms with Gasteiger partial charge < -0.3 is 14.6 Å². The number of nitrogens with zero attached hydrogens (tertiary/aromatic N) is 2. The fraction of sp³-hybridized carbons (Fsp3) is 0.450. The van der Waals surface area contributed by atoms with Crippen LogP contribution in [0.3, 0.4) is 0 Å². The fourth-order valence-electron chi connectivity index (χ4n) is 2.64. The van der Waals surface area contributed by atoms with Crippen molar-refractivity contribution in [1.29, 1.82) is 0 Å². The number of sulfonamides is 1. The molecule has 0 aliphatic heterocycles. The van der Waals surface area contributed by atoms with E-state index >= 15 is 0 Å². The maximum Gasteiger partial charge on any atom is 0.338 e. The van der Waals surface area contributed by atoms with Gasteiger partial charge in [0, 0.05) is 13.6 Å². The quantitative estimate of drug-likeness (QED) is 0.436. The number of carbonyl (C=O) groups excluding carboxylic acids is 2. The van der Waals surface area contributed by atoms with Gasteiger partial charge in [0.2, 0.25) is 0 Å². The zero-order valence-electron chi connectivity index (χ0n) is 17.7. The number of nitrogens with one attached hydrogen (secondary N) is 2. The van der Waals surface area contributed by atoms with Gasteiger partial charge in [-0.3, -0.25) is 9.52 Å². The number of hydrogen-bond donors (Lipinski definition) is 2. The van der Waals surface area contributed by atoms with E-state index in [1.165, 1.54) is 28.8 Å². The Morgan fingerprint density at radius 1 is 1.13 bits per heavy atom. The fourth-order valence-corrected chi connectivity index (χ4v) is 3.65. The SMILES string of the molecule is CCCCNC(=O)c1c(NS(=O)(=O)c2ccc(C(=O)OCCC)cc2)nc(C)n1C. The molecule has 0 radical (unpaired) electrons. The second-order valence-electron chi connectivity index (χ2n) is 6.79. The lowest BCUT2D eigenvalue weighted by Crippen LogP contribution is -2.28. The van der Waals surface area contributed by atoms with Gasteiger partial charge in [0.05, 0.1) is 17.1 Å². The monoisotopic (exact) mass is 436 g/mol. The topological polar surface area (TPSA) is 119 Å². The first-order valence-electron chi connectivity index (χ1n) is 9.82. The highest BCUT2D eigenvalue weighted by atomic mass is 32.2. The van der Waals surface area contributed by atoms with Gasteiger partial charge in [0.1, 0.15) is 5.82 Å². The summed E-state index contributed by atoms with van der Waals surface area (Å²) in [5.41, 5.74) is 0.388. The van der Waals surface area contributed by atoms with E-state index in [1.807, 2.05) is 13.8 Å². The lowest BCUT2D eigenvalue weighted by Gasteiger charge is -2.10. The first-order chi connectivity index (χ1) is 14.2.